The van der Waals surface area contributed by atoms with Crippen molar-refractivity contribution in [2.75, 3.05) is 32.8 Å². The third-order valence-electron chi connectivity index (χ3n) is 3.49. The van der Waals surface area contributed by atoms with Crippen LogP contribution in [0.1, 0.15) is 33.1 Å². The van der Waals surface area contributed by atoms with E-state index in [1.807, 2.05) is 0 Å². The monoisotopic (exact) mass is 214 g/mol. The van der Waals surface area contributed by atoms with Gasteiger partial charge in [-0.2, -0.15) is 0 Å². The zero-order valence-corrected chi connectivity index (χ0v) is 10.2. The second kappa shape index (κ2) is 7.20. The van der Waals surface area contributed by atoms with Crippen LogP contribution in [0.3, 0.4) is 0 Å². The van der Waals surface area contributed by atoms with Gasteiger partial charge in [-0.3, -0.25) is 0 Å². The van der Waals surface area contributed by atoms with Gasteiger partial charge >= 0.3 is 0 Å². The zero-order chi connectivity index (χ0) is 11.1. The Morgan fingerprint density at radius 2 is 2.07 bits per heavy atom. The Morgan fingerprint density at radius 1 is 1.40 bits per heavy atom. The molecule has 0 bridgehead atoms. The Hall–Kier alpha value is -0.120. The molecule has 0 radical (unpaired) electrons. The number of piperidine rings is 1. The molecule has 1 aliphatic rings. The van der Waals surface area contributed by atoms with E-state index in [1.165, 1.54) is 25.8 Å². The number of aliphatic hydroxyl groups is 1. The average molecular weight is 214 g/mol. The highest BCUT2D eigenvalue weighted by atomic mass is 16.3. The summed E-state index contributed by atoms with van der Waals surface area (Å²) in [7, 11) is 0. The van der Waals surface area contributed by atoms with Crippen LogP contribution in [0.4, 0.5) is 0 Å². The summed E-state index contributed by atoms with van der Waals surface area (Å²) in [4.78, 5) is 2.36. The summed E-state index contributed by atoms with van der Waals surface area (Å²) in [6.07, 6.45) is 3.77. The highest BCUT2D eigenvalue weighted by Crippen LogP contribution is 2.16. The van der Waals surface area contributed by atoms with Crippen molar-refractivity contribution in [3.63, 3.8) is 0 Å². The fourth-order valence-corrected chi connectivity index (χ4v) is 2.07. The van der Waals surface area contributed by atoms with Gasteiger partial charge in [-0.25, -0.2) is 0 Å². The molecule has 1 heterocycles. The summed E-state index contributed by atoms with van der Waals surface area (Å²) in [6, 6.07) is 0.653. The molecule has 0 saturated carbocycles. The van der Waals surface area contributed by atoms with Crippen LogP contribution in [-0.4, -0.2) is 48.8 Å². The first-order valence-electron chi connectivity index (χ1n) is 6.32. The highest BCUT2D eigenvalue weighted by Gasteiger charge is 2.18. The third kappa shape index (κ3) is 4.96. The SMILES string of the molecule is CCC(C)NCC1CCN(CCO)CC1. The first-order chi connectivity index (χ1) is 7.26. The standard InChI is InChI=1S/C12H26N2O/c1-3-11(2)13-10-12-4-6-14(7-5-12)8-9-15/h11-13,15H,3-10H2,1-2H3. The molecule has 0 amide bonds. The second-order valence-electron chi connectivity index (χ2n) is 4.73. The largest absolute Gasteiger partial charge is 0.395 e. The van der Waals surface area contributed by atoms with Gasteiger partial charge in [0.05, 0.1) is 6.61 Å². The normalized spacial score (nSPS) is 21.8. The van der Waals surface area contributed by atoms with Gasteiger partial charge in [-0.1, -0.05) is 6.92 Å². The van der Waals surface area contributed by atoms with E-state index >= 15 is 0 Å². The lowest BCUT2D eigenvalue weighted by atomic mass is 9.96. The quantitative estimate of drug-likeness (QED) is 0.694. The summed E-state index contributed by atoms with van der Waals surface area (Å²) >= 11 is 0. The Morgan fingerprint density at radius 3 is 2.60 bits per heavy atom. The van der Waals surface area contributed by atoms with E-state index in [4.69, 9.17) is 5.11 Å². The van der Waals surface area contributed by atoms with Gasteiger partial charge in [-0.15, -0.1) is 0 Å². The van der Waals surface area contributed by atoms with Crippen LogP contribution in [-0.2, 0) is 0 Å². The molecule has 3 heteroatoms. The van der Waals surface area contributed by atoms with Crippen LogP contribution in [0.2, 0.25) is 0 Å². The summed E-state index contributed by atoms with van der Waals surface area (Å²) in [5, 5.41) is 12.4. The molecule has 0 aromatic rings. The van der Waals surface area contributed by atoms with Gasteiger partial charge in [0, 0.05) is 12.6 Å². The summed E-state index contributed by atoms with van der Waals surface area (Å²) in [5.74, 6) is 0.842. The first kappa shape index (κ1) is 12.9. The summed E-state index contributed by atoms with van der Waals surface area (Å²) in [5.41, 5.74) is 0. The molecule has 0 spiro atoms. The predicted octanol–water partition coefficient (Wildman–Crippen LogP) is 1.08. The first-order valence-corrected chi connectivity index (χ1v) is 6.32. The van der Waals surface area contributed by atoms with Crippen molar-refractivity contribution in [3.8, 4) is 0 Å². The molecule has 1 rings (SSSR count). The number of hydrogen-bond donors (Lipinski definition) is 2. The average Bonchev–Trinajstić information content (AvgIpc) is 2.28. The third-order valence-corrected chi connectivity index (χ3v) is 3.49. The number of nitrogens with one attached hydrogen (secondary N) is 1. The lowest BCUT2D eigenvalue weighted by molar-refractivity contribution is 0.145. The molecule has 1 aliphatic heterocycles. The molecule has 1 atom stereocenters. The maximum atomic E-state index is 8.84. The van der Waals surface area contributed by atoms with E-state index in [0.717, 1.165) is 25.6 Å². The molecule has 3 nitrogen and oxygen atoms in total. The van der Waals surface area contributed by atoms with Crippen LogP contribution in [0.5, 0.6) is 0 Å². The van der Waals surface area contributed by atoms with E-state index in [-0.39, 0.29) is 0 Å². The van der Waals surface area contributed by atoms with E-state index in [2.05, 4.69) is 24.1 Å². The van der Waals surface area contributed by atoms with Crippen molar-refractivity contribution in [3.05, 3.63) is 0 Å². The van der Waals surface area contributed by atoms with Crippen LogP contribution >= 0.6 is 0 Å². The van der Waals surface area contributed by atoms with Crippen LogP contribution < -0.4 is 5.32 Å². The molecule has 2 N–H and O–H groups in total. The molecule has 15 heavy (non-hydrogen) atoms. The van der Waals surface area contributed by atoms with Gasteiger partial charge in [0.2, 0.25) is 0 Å². The maximum absolute atomic E-state index is 8.84. The number of aliphatic hydroxyl groups excluding tert-OH is 1. The molecule has 90 valence electrons. The van der Waals surface area contributed by atoms with Gasteiger partial charge in [0.1, 0.15) is 0 Å². The fraction of sp³-hybridized carbons (Fsp3) is 1.00. The smallest absolute Gasteiger partial charge is 0.0558 e. The highest BCUT2D eigenvalue weighted by molar-refractivity contribution is 4.74. The Labute approximate surface area is 93.9 Å². The van der Waals surface area contributed by atoms with Crippen molar-refractivity contribution in [1.82, 2.24) is 10.2 Å². The van der Waals surface area contributed by atoms with Gasteiger partial charge in [0.15, 0.2) is 0 Å². The predicted molar refractivity (Wildman–Crippen MR) is 64.0 cm³/mol. The minimum absolute atomic E-state index is 0.301. The summed E-state index contributed by atoms with van der Waals surface area (Å²) in [6.45, 7) is 9.12. The molecule has 1 unspecified atom stereocenters. The van der Waals surface area contributed by atoms with Crippen molar-refractivity contribution < 1.29 is 5.11 Å². The lowest BCUT2D eigenvalue weighted by Crippen LogP contribution is -2.40. The zero-order valence-electron chi connectivity index (χ0n) is 10.2. The van der Waals surface area contributed by atoms with Crippen molar-refractivity contribution in [2.24, 2.45) is 5.92 Å². The Kier molecular flexibility index (Phi) is 6.22. The summed E-state index contributed by atoms with van der Waals surface area (Å²) < 4.78 is 0. The Balaban J connectivity index is 2.09. The van der Waals surface area contributed by atoms with E-state index in [0.29, 0.717) is 12.6 Å². The number of likely N-dealkylation sites (tertiary alicyclic amines) is 1. The second-order valence-corrected chi connectivity index (χ2v) is 4.73. The van der Waals surface area contributed by atoms with Crippen LogP contribution in [0.15, 0.2) is 0 Å². The Bertz CT molecular complexity index is 156. The number of nitrogens with zero attached hydrogens (tertiary/aromatic N) is 1. The molecular weight excluding hydrogens is 188 g/mol. The lowest BCUT2D eigenvalue weighted by Gasteiger charge is -2.32. The van der Waals surface area contributed by atoms with Gasteiger partial charge in [-0.05, 0) is 51.7 Å². The molecule has 0 aromatic heterocycles. The minimum atomic E-state index is 0.301. The minimum Gasteiger partial charge on any atom is -0.395 e. The molecule has 1 saturated heterocycles. The number of hydrogen-bond acceptors (Lipinski definition) is 3. The van der Waals surface area contributed by atoms with Crippen molar-refractivity contribution in [1.29, 1.82) is 0 Å². The van der Waals surface area contributed by atoms with Gasteiger partial charge in [0.25, 0.3) is 0 Å². The van der Waals surface area contributed by atoms with Crippen molar-refractivity contribution in [2.45, 2.75) is 39.2 Å². The van der Waals surface area contributed by atoms with Gasteiger partial charge < -0.3 is 15.3 Å². The fourth-order valence-electron chi connectivity index (χ4n) is 2.07. The number of rotatable bonds is 6. The molecule has 1 fully saturated rings. The van der Waals surface area contributed by atoms with E-state index < -0.39 is 0 Å². The van der Waals surface area contributed by atoms with Crippen LogP contribution in [0.25, 0.3) is 0 Å². The molecule has 0 aliphatic carbocycles. The topological polar surface area (TPSA) is 35.5 Å². The van der Waals surface area contributed by atoms with Crippen molar-refractivity contribution >= 4 is 0 Å². The van der Waals surface area contributed by atoms with E-state index in [9.17, 15) is 0 Å². The maximum Gasteiger partial charge on any atom is 0.0558 e. The van der Waals surface area contributed by atoms with E-state index in [1.54, 1.807) is 0 Å². The molecular formula is C12H26N2O. The van der Waals surface area contributed by atoms with Crippen LogP contribution in [0, 0.1) is 5.92 Å². The number of β-amino-alcohol motifs (C(OH)–C–C–N with tert-alkyl or cyclic N) is 1. The molecule has 0 aromatic carbocycles.